The van der Waals surface area contributed by atoms with Gasteiger partial charge in [0.05, 0.1) is 47.2 Å². The van der Waals surface area contributed by atoms with E-state index in [9.17, 15) is 4.79 Å². The molecule has 1 aliphatic rings. The van der Waals surface area contributed by atoms with Crippen molar-refractivity contribution in [1.29, 1.82) is 0 Å². The van der Waals surface area contributed by atoms with E-state index in [1.165, 1.54) is 0 Å². The highest BCUT2D eigenvalue weighted by molar-refractivity contribution is 5.80. The van der Waals surface area contributed by atoms with Gasteiger partial charge in [-0.3, -0.25) is 9.69 Å². The van der Waals surface area contributed by atoms with Gasteiger partial charge in [-0.15, -0.1) is 0 Å². The van der Waals surface area contributed by atoms with Gasteiger partial charge in [0.25, 0.3) is 0 Å². The summed E-state index contributed by atoms with van der Waals surface area (Å²) in [6.45, 7) is 5.44. The summed E-state index contributed by atoms with van der Waals surface area (Å²) >= 11 is 0. The third-order valence-corrected chi connectivity index (χ3v) is 5.75. The Hall–Kier alpha value is -2.81. The van der Waals surface area contributed by atoms with Crippen LogP contribution in [-0.4, -0.2) is 71.1 Å². The summed E-state index contributed by atoms with van der Waals surface area (Å²) < 4.78 is 27.4. The third-order valence-electron chi connectivity index (χ3n) is 5.75. The molecular weight excluding hydrogens is 424 g/mol. The highest BCUT2D eigenvalue weighted by atomic mass is 16.5. The fraction of sp³-hybridized carbons (Fsp3) is 0.480. The Bertz CT molecular complexity index is 900. The topological polar surface area (TPSA) is 78.5 Å². The van der Waals surface area contributed by atoms with E-state index in [-0.39, 0.29) is 11.9 Å². The number of nitrogens with zero attached hydrogens (tertiary/aromatic N) is 1. The summed E-state index contributed by atoms with van der Waals surface area (Å²) in [4.78, 5) is 15.1. The van der Waals surface area contributed by atoms with E-state index in [4.69, 9.17) is 23.7 Å². The summed E-state index contributed by atoms with van der Waals surface area (Å²) in [6, 6.07) is 13.5. The van der Waals surface area contributed by atoms with E-state index in [0.717, 1.165) is 30.0 Å². The molecule has 2 aromatic rings. The predicted octanol–water partition coefficient (Wildman–Crippen LogP) is 2.81. The Kier molecular flexibility index (Phi) is 9.35. The average Bonchev–Trinajstić information content (AvgIpc) is 2.87. The van der Waals surface area contributed by atoms with E-state index in [1.54, 1.807) is 28.3 Å². The van der Waals surface area contributed by atoms with Crippen molar-refractivity contribution in [3.05, 3.63) is 53.6 Å². The first-order chi connectivity index (χ1) is 16.0. The average molecular weight is 459 g/mol. The van der Waals surface area contributed by atoms with Crippen molar-refractivity contribution in [1.82, 2.24) is 10.2 Å². The number of rotatable bonds is 11. The molecule has 0 aromatic heterocycles. The van der Waals surface area contributed by atoms with Crippen LogP contribution in [0.4, 0.5) is 0 Å². The molecule has 0 aliphatic carbocycles. The van der Waals surface area contributed by atoms with Crippen LogP contribution in [-0.2, 0) is 20.9 Å². The van der Waals surface area contributed by atoms with E-state index in [0.29, 0.717) is 37.9 Å². The van der Waals surface area contributed by atoms with Gasteiger partial charge < -0.3 is 29.0 Å². The van der Waals surface area contributed by atoms with Crippen LogP contribution in [0.5, 0.6) is 17.2 Å². The highest BCUT2D eigenvalue weighted by Gasteiger charge is 2.25. The fourth-order valence-corrected chi connectivity index (χ4v) is 3.81. The Morgan fingerprint density at radius 1 is 1.03 bits per heavy atom. The summed E-state index contributed by atoms with van der Waals surface area (Å²) in [5, 5.41) is 3.06. The number of amides is 1. The van der Waals surface area contributed by atoms with Crippen molar-refractivity contribution in [3.63, 3.8) is 0 Å². The highest BCUT2D eigenvalue weighted by Crippen LogP contribution is 2.32. The molecule has 1 saturated heterocycles. The number of carbonyl (C=O) groups is 1. The zero-order chi connectivity index (χ0) is 23.6. The zero-order valence-electron chi connectivity index (χ0n) is 19.8. The first kappa shape index (κ1) is 24.8. The Morgan fingerprint density at radius 2 is 1.79 bits per heavy atom. The van der Waals surface area contributed by atoms with Gasteiger partial charge >= 0.3 is 0 Å². The van der Waals surface area contributed by atoms with Gasteiger partial charge in [0.1, 0.15) is 11.9 Å². The molecule has 8 heteroatoms. The second kappa shape index (κ2) is 12.4. The Labute approximate surface area is 195 Å². The van der Waals surface area contributed by atoms with Crippen LogP contribution in [0.3, 0.4) is 0 Å². The molecule has 0 bridgehead atoms. The van der Waals surface area contributed by atoms with Crippen molar-refractivity contribution < 1.29 is 28.5 Å². The van der Waals surface area contributed by atoms with Crippen LogP contribution >= 0.6 is 0 Å². The van der Waals surface area contributed by atoms with Crippen LogP contribution in [0.25, 0.3) is 0 Å². The minimum absolute atomic E-state index is 0.0248. The van der Waals surface area contributed by atoms with Gasteiger partial charge in [0.2, 0.25) is 5.91 Å². The van der Waals surface area contributed by atoms with E-state index in [1.807, 2.05) is 42.5 Å². The van der Waals surface area contributed by atoms with Crippen molar-refractivity contribution >= 4 is 5.91 Å². The molecule has 2 atom stereocenters. The van der Waals surface area contributed by atoms with Crippen molar-refractivity contribution in [3.8, 4) is 17.2 Å². The minimum atomic E-state index is -0.591. The maximum Gasteiger partial charge on any atom is 0.248 e. The number of methoxy groups -OCH3 is 3. The normalized spacial score (nSPS) is 16.0. The second-order valence-electron chi connectivity index (χ2n) is 7.83. The largest absolute Gasteiger partial charge is 0.497 e. The Morgan fingerprint density at radius 3 is 2.48 bits per heavy atom. The molecule has 1 amide bonds. The van der Waals surface area contributed by atoms with Crippen LogP contribution < -0.4 is 19.5 Å². The molecule has 1 fully saturated rings. The van der Waals surface area contributed by atoms with Gasteiger partial charge in [-0.25, -0.2) is 0 Å². The van der Waals surface area contributed by atoms with Gasteiger partial charge in [0, 0.05) is 19.6 Å². The van der Waals surface area contributed by atoms with E-state index < -0.39 is 6.10 Å². The van der Waals surface area contributed by atoms with Crippen LogP contribution in [0.1, 0.15) is 24.1 Å². The molecule has 1 aliphatic heterocycles. The molecule has 2 aromatic carbocycles. The lowest BCUT2D eigenvalue weighted by Crippen LogP contribution is -2.45. The minimum Gasteiger partial charge on any atom is -0.497 e. The van der Waals surface area contributed by atoms with Gasteiger partial charge in [-0.1, -0.05) is 18.2 Å². The maximum absolute atomic E-state index is 12.8. The molecule has 8 nitrogen and oxygen atoms in total. The summed E-state index contributed by atoms with van der Waals surface area (Å²) in [5.41, 5.74) is 1.99. The number of hydrogen-bond acceptors (Lipinski definition) is 7. The fourth-order valence-electron chi connectivity index (χ4n) is 3.81. The van der Waals surface area contributed by atoms with Crippen molar-refractivity contribution in [2.24, 2.45) is 0 Å². The molecule has 3 rings (SSSR count). The molecule has 1 N–H and O–H groups in total. The zero-order valence-corrected chi connectivity index (χ0v) is 19.8. The third kappa shape index (κ3) is 6.83. The molecule has 0 saturated carbocycles. The van der Waals surface area contributed by atoms with Gasteiger partial charge in [-0.05, 0) is 42.3 Å². The molecule has 0 radical (unpaired) electrons. The smallest absolute Gasteiger partial charge is 0.248 e. The predicted molar refractivity (Wildman–Crippen MR) is 125 cm³/mol. The molecule has 0 spiro atoms. The first-order valence-electron chi connectivity index (χ1n) is 11.1. The maximum atomic E-state index is 12.8. The molecule has 180 valence electrons. The van der Waals surface area contributed by atoms with Crippen molar-refractivity contribution in [2.45, 2.75) is 25.7 Å². The number of benzene rings is 2. The number of carbonyl (C=O) groups excluding carboxylic acids is 1. The van der Waals surface area contributed by atoms with Crippen LogP contribution in [0.2, 0.25) is 0 Å². The van der Waals surface area contributed by atoms with Crippen molar-refractivity contribution in [2.75, 3.05) is 54.2 Å². The summed E-state index contributed by atoms with van der Waals surface area (Å²) in [5.74, 6) is 1.94. The Balaban J connectivity index is 1.64. The standard InChI is InChI=1S/C25H34N2O6/c1-18(33-17-19-6-5-7-21(14-19)29-2)25(28)26-16-22(27-10-12-32-13-11-27)20-8-9-23(30-3)24(15-20)31-4/h5-9,14-15,18,22H,10-13,16-17H2,1-4H3,(H,26,28). The monoisotopic (exact) mass is 458 g/mol. The lowest BCUT2D eigenvalue weighted by atomic mass is 10.0. The molecule has 33 heavy (non-hydrogen) atoms. The quantitative estimate of drug-likeness (QED) is 0.555. The lowest BCUT2D eigenvalue weighted by molar-refractivity contribution is -0.132. The second-order valence-corrected chi connectivity index (χ2v) is 7.83. The lowest BCUT2D eigenvalue weighted by Gasteiger charge is -2.35. The van der Waals surface area contributed by atoms with E-state index in [2.05, 4.69) is 10.2 Å². The number of nitrogens with one attached hydrogen (secondary N) is 1. The number of morpholine rings is 1. The summed E-state index contributed by atoms with van der Waals surface area (Å²) in [6.07, 6.45) is -0.591. The summed E-state index contributed by atoms with van der Waals surface area (Å²) in [7, 11) is 4.86. The SMILES string of the molecule is COc1cccc(COC(C)C(=O)NCC(c2ccc(OC)c(OC)c2)N2CCOCC2)c1. The van der Waals surface area contributed by atoms with Crippen LogP contribution in [0, 0.1) is 0 Å². The molecular formula is C25H34N2O6. The molecule has 1 heterocycles. The molecule has 2 unspecified atom stereocenters. The van der Waals surface area contributed by atoms with Crippen LogP contribution in [0.15, 0.2) is 42.5 Å². The van der Waals surface area contributed by atoms with Gasteiger partial charge in [-0.2, -0.15) is 0 Å². The first-order valence-corrected chi connectivity index (χ1v) is 11.1. The van der Waals surface area contributed by atoms with Gasteiger partial charge in [0.15, 0.2) is 11.5 Å². The number of ether oxygens (including phenoxy) is 5. The van der Waals surface area contributed by atoms with E-state index >= 15 is 0 Å². The number of hydrogen-bond donors (Lipinski definition) is 1.